The fraction of sp³-hybridized carbons (Fsp3) is 0.632. The molecule has 2 fully saturated rings. The van der Waals surface area contributed by atoms with Crippen LogP contribution in [0.25, 0.3) is 10.2 Å². The second-order valence-electron chi connectivity index (χ2n) is 6.99. The Labute approximate surface area is 154 Å². The predicted octanol–water partition coefficient (Wildman–Crippen LogP) is 2.89. The van der Waals surface area contributed by atoms with E-state index in [9.17, 15) is 0 Å². The van der Waals surface area contributed by atoms with Gasteiger partial charge in [-0.05, 0) is 56.4 Å². The lowest BCUT2D eigenvalue weighted by atomic mass is 10.0. The molecular weight excluding hydrogens is 332 g/mol. The Bertz CT molecular complexity index is 662. The van der Waals surface area contributed by atoms with Gasteiger partial charge in [0.25, 0.3) is 0 Å². The summed E-state index contributed by atoms with van der Waals surface area (Å²) in [6.07, 6.45) is 5.71. The van der Waals surface area contributed by atoms with Crippen LogP contribution in [0.1, 0.15) is 19.3 Å². The summed E-state index contributed by atoms with van der Waals surface area (Å²) in [6.45, 7) is 8.78. The van der Waals surface area contributed by atoms with E-state index in [0.717, 1.165) is 44.4 Å². The number of morpholine rings is 1. The summed E-state index contributed by atoms with van der Waals surface area (Å²) in [4.78, 5) is 9.67. The summed E-state index contributed by atoms with van der Waals surface area (Å²) in [6, 6.07) is 4.96. The van der Waals surface area contributed by atoms with E-state index in [-0.39, 0.29) is 0 Å². The second-order valence-corrected chi connectivity index (χ2v) is 7.91. The number of hydrogen-bond acceptors (Lipinski definition) is 6. The quantitative estimate of drug-likeness (QED) is 0.802. The van der Waals surface area contributed by atoms with Gasteiger partial charge >= 0.3 is 0 Å². The van der Waals surface area contributed by atoms with Crippen molar-refractivity contribution < 1.29 is 4.74 Å². The minimum Gasteiger partial charge on any atom is -0.384 e. The first-order valence-corrected chi connectivity index (χ1v) is 10.4. The molecule has 1 N–H and O–H groups in total. The Balaban J connectivity index is 1.17. The molecule has 0 aromatic carbocycles. The highest BCUT2D eigenvalue weighted by Gasteiger charge is 2.25. The summed E-state index contributed by atoms with van der Waals surface area (Å²) in [5, 5.41) is 5.71. The van der Waals surface area contributed by atoms with E-state index in [1.165, 1.54) is 49.3 Å². The van der Waals surface area contributed by atoms with E-state index in [2.05, 4.69) is 37.6 Å². The van der Waals surface area contributed by atoms with Gasteiger partial charge in [0.1, 0.15) is 0 Å². The van der Waals surface area contributed by atoms with Gasteiger partial charge in [-0.25, -0.2) is 0 Å². The van der Waals surface area contributed by atoms with Crippen molar-refractivity contribution in [2.45, 2.75) is 25.3 Å². The van der Waals surface area contributed by atoms with Gasteiger partial charge in [0.2, 0.25) is 0 Å². The van der Waals surface area contributed by atoms with E-state index in [4.69, 9.17) is 4.74 Å². The number of rotatable bonds is 6. The van der Waals surface area contributed by atoms with Gasteiger partial charge in [-0.1, -0.05) is 0 Å². The average molecular weight is 361 g/mol. The van der Waals surface area contributed by atoms with E-state index in [0.29, 0.717) is 0 Å². The number of thiophene rings is 1. The zero-order chi connectivity index (χ0) is 16.9. The fourth-order valence-electron chi connectivity index (χ4n) is 3.99. The lowest BCUT2D eigenvalue weighted by Crippen LogP contribution is -2.49. The number of piperidine rings is 1. The predicted molar refractivity (Wildman–Crippen MR) is 105 cm³/mol. The fourth-order valence-corrected chi connectivity index (χ4v) is 4.83. The number of ether oxygens (including phenoxy) is 1. The van der Waals surface area contributed by atoms with Gasteiger partial charge in [-0.3, -0.25) is 9.88 Å². The smallest absolute Gasteiger partial charge is 0.0830 e. The molecule has 0 amide bonds. The number of hydrogen-bond donors (Lipinski definition) is 1. The van der Waals surface area contributed by atoms with Crippen LogP contribution in [0.4, 0.5) is 5.69 Å². The Hall–Kier alpha value is -1.21. The zero-order valence-electron chi connectivity index (χ0n) is 14.8. The Morgan fingerprint density at radius 1 is 1.16 bits per heavy atom. The van der Waals surface area contributed by atoms with Crippen LogP contribution < -0.4 is 5.32 Å². The van der Waals surface area contributed by atoms with Crippen LogP contribution in [0.15, 0.2) is 23.7 Å². The average Bonchev–Trinajstić information content (AvgIpc) is 3.16. The van der Waals surface area contributed by atoms with Gasteiger partial charge in [0.15, 0.2) is 0 Å². The maximum Gasteiger partial charge on any atom is 0.0830 e. The summed E-state index contributed by atoms with van der Waals surface area (Å²) in [5.74, 6) is 0. The first kappa shape index (κ1) is 17.2. The molecule has 0 unspecified atom stereocenters. The minimum absolute atomic E-state index is 0.780. The molecule has 0 atom stereocenters. The van der Waals surface area contributed by atoms with Crippen molar-refractivity contribution in [2.75, 3.05) is 57.8 Å². The van der Waals surface area contributed by atoms with Crippen molar-refractivity contribution in [1.29, 1.82) is 0 Å². The van der Waals surface area contributed by atoms with Crippen molar-refractivity contribution >= 4 is 27.2 Å². The first-order chi connectivity index (χ1) is 12.4. The molecule has 4 rings (SSSR count). The van der Waals surface area contributed by atoms with Crippen molar-refractivity contribution in [1.82, 2.24) is 14.8 Å². The van der Waals surface area contributed by atoms with E-state index in [1.54, 1.807) is 11.3 Å². The minimum atomic E-state index is 0.780. The highest BCUT2D eigenvalue weighted by atomic mass is 32.1. The van der Waals surface area contributed by atoms with Crippen LogP contribution in [0.2, 0.25) is 0 Å². The van der Waals surface area contributed by atoms with E-state index in [1.807, 2.05) is 6.20 Å². The molecule has 0 aliphatic carbocycles. The number of anilines is 1. The number of likely N-dealkylation sites (tertiary alicyclic amines) is 1. The van der Waals surface area contributed by atoms with Crippen molar-refractivity contribution in [3.05, 3.63) is 23.7 Å². The van der Waals surface area contributed by atoms with Crippen LogP contribution in [0, 0.1) is 0 Å². The van der Waals surface area contributed by atoms with Crippen LogP contribution in [-0.2, 0) is 4.74 Å². The zero-order valence-corrected chi connectivity index (χ0v) is 15.6. The molecule has 25 heavy (non-hydrogen) atoms. The van der Waals surface area contributed by atoms with Crippen molar-refractivity contribution in [3.63, 3.8) is 0 Å². The Kier molecular flexibility index (Phi) is 5.82. The molecule has 2 aromatic heterocycles. The third-order valence-corrected chi connectivity index (χ3v) is 6.37. The van der Waals surface area contributed by atoms with Gasteiger partial charge in [-0.2, -0.15) is 0 Å². The molecule has 0 bridgehead atoms. The van der Waals surface area contributed by atoms with Crippen molar-refractivity contribution in [2.24, 2.45) is 0 Å². The molecule has 5 nitrogen and oxygen atoms in total. The van der Waals surface area contributed by atoms with E-state index < -0.39 is 0 Å². The molecule has 6 heteroatoms. The molecule has 136 valence electrons. The van der Waals surface area contributed by atoms with Crippen LogP contribution in [-0.4, -0.2) is 73.3 Å². The molecule has 0 saturated carbocycles. The third kappa shape index (κ3) is 4.31. The number of aromatic nitrogens is 1. The highest BCUT2D eigenvalue weighted by molar-refractivity contribution is 7.17. The van der Waals surface area contributed by atoms with Gasteiger partial charge in [0, 0.05) is 31.9 Å². The SMILES string of the molecule is c1cc(NCCCN2CCC(N3CCOCC3)CC2)c2sccc2n1. The van der Waals surface area contributed by atoms with Crippen LogP contribution in [0.3, 0.4) is 0 Å². The summed E-state index contributed by atoms with van der Waals surface area (Å²) < 4.78 is 6.75. The van der Waals surface area contributed by atoms with Gasteiger partial charge in [-0.15, -0.1) is 11.3 Å². The monoisotopic (exact) mass is 360 g/mol. The largest absolute Gasteiger partial charge is 0.384 e. The van der Waals surface area contributed by atoms with Gasteiger partial charge < -0.3 is 15.0 Å². The Morgan fingerprint density at radius 3 is 2.84 bits per heavy atom. The molecule has 2 aromatic rings. The normalized spacial score (nSPS) is 21.0. The molecule has 2 saturated heterocycles. The van der Waals surface area contributed by atoms with Crippen LogP contribution in [0.5, 0.6) is 0 Å². The standard InChI is InChI=1S/C19H28N4OS/c1(6-20-17-2-7-21-18-5-15-25-19(17)18)8-22-9-3-16(4-10-22)23-11-13-24-14-12-23/h2,5,7,15-16H,1,3-4,6,8-14H2,(H,20,21). The summed E-state index contributed by atoms with van der Waals surface area (Å²) >= 11 is 1.76. The third-order valence-electron chi connectivity index (χ3n) is 5.43. The summed E-state index contributed by atoms with van der Waals surface area (Å²) in [5.41, 5.74) is 2.33. The van der Waals surface area contributed by atoms with Gasteiger partial charge in [0.05, 0.1) is 29.1 Å². The van der Waals surface area contributed by atoms with Crippen LogP contribution >= 0.6 is 11.3 Å². The molecule has 0 radical (unpaired) electrons. The lowest BCUT2D eigenvalue weighted by molar-refractivity contribution is 0.000914. The molecule has 0 spiro atoms. The molecule has 2 aliphatic rings. The maximum atomic E-state index is 5.47. The Morgan fingerprint density at radius 2 is 2.00 bits per heavy atom. The number of nitrogens with zero attached hydrogens (tertiary/aromatic N) is 3. The topological polar surface area (TPSA) is 40.6 Å². The maximum absolute atomic E-state index is 5.47. The molecule has 2 aliphatic heterocycles. The molecular formula is C19H28N4OS. The van der Waals surface area contributed by atoms with Crippen molar-refractivity contribution in [3.8, 4) is 0 Å². The second kappa shape index (κ2) is 8.45. The number of fused-ring (bicyclic) bond motifs is 1. The first-order valence-electron chi connectivity index (χ1n) is 9.50. The lowest BCUT2D eigenvalue weighted by Gasteiger charge is -2.40. The number of pyridine rings is 1. The molecule has 4 heterocycles. The highest BCUT2D eigenvalue weighted by Crippen LogP contribution is 2.26. The number of nitrogens with one attached hydrogen (secondary N) is 1. The summed E-state index contributed by atoms with van der Waals surface area (Å²) in [7, 11) is 0. The van der Waals surface area contributed by atoms with E-state index >= 15 is 0 Å².